The molecular formula is C27H30N2O5S. The quantitative estimate of drug-likeness (QED) is 0.460. The number of carbonyl (C=O) groups is 2. The number of methoxy groups -OCH3 is 3. The summed E-state index contributed by atoms with van der Waals surface area (Å²) in [5.41, 5.74) is 2.26. The van der Waals surface area contributed by atoms with Gasteiger partial charge in [-0.25, -0.2) is 0 Å². The predicted molar refractivity (Wildman–Crippen MR) is 135 cm³/mol. The number of carbonyl (C=O) groups excluding carboxylic acids is 2. The molecule has 2 atom stereocenters. The Morgan fingerprint density at radius 1 is 1.06 bits per heavy atom. The average molecular weight is 495 g/mol. The van der Waals surface area contributed by atoms with E-state index < -0.39 is 12.0 Å². The van der Waals surface area contributed by atoms with Gasteiger partial charge in [-0.1, -0.05) is 24.3 Å². The second-order valence-corrected chi connectivity index (χ2v) is 9.21. The third-order valence-electron chi connectivity index (χ3n) is 6.27. The summed E-state index contributed by atoms with van der Waals surface area (Å²) in [6, 6.07) is 16.5. The van der Waals surface area contributed by atoms with Crippen LogP contribution in [-0.4, -0.2) is 57.7 Å². The first kappa shape index (κ1) is 24.8. The number of nitrogens with zero attached hydrogens (tertiary/aromatic N) is 1. The summed E-state index contributed by atoms with van der Waals surface area (Å²) in [4.78, 5) is 29.9. The first-order valence-corrected chi connectivity index (χ1v) is 12.4. The number of hydrogen-bond donors (Lipinski definition) is 1. The minimum absolute atomic E-state index is 0.0822. The molecule has 0 spiro atoms. The SMILES string of the molecule is COCCN1C(=O)c2ccccc2[C@@H](C(=O)NCCc2cc(OC)ccc2OC)[C@H]1c1cccs1. The van der Waals surface area contributed by atoms with E-state index in [1.165, 1.54) is 0 Å². The van der Waals surface area contributed by atoms with Crippen LogP contribution < -0.4 is 14.8 Å². The lowest BCUT2D eigenvalue weighted by Gasteiger charge is -2.41. The molecule has 3 aromatic rings. The molecule has 4 rings (SSSR count). The number of ether oxygens (including phenoxy) is 3. The fourth-order valence-corrected chi connectivity index (χ4v) is 5.47. The van der Waals surface area contributed by atoms with Crippen molar-refractivity contribution >= 4 is 23.2 Å². The van der Waals surface area contributed by atoms with Crippen LogP contribution in [0.25, 0.3) is 0 Å². The van der Waals surface area contributed by atoms with Gasteiger partial charge in [-0.05, 0) is 53.3 Å². The van der Waals surface area contributed by atoms with E-state index in [0.717, 1.165) is 27.5 Å². The van der Waals surface area contributed by atoms with E-state index in [1.807, 2.05) is 53.9 Å². The first-order chi connectivity index (χ1) is 17.1. The van der Waals surface area contributed by atoms with E-state index in [1.54, 1.807) is 43.6 Å². The Labute approximate surface area is 209 Å². The van der Waals surface area contributed by atoms with Crippen LogP contribution in [0.15, 0.2) is 60.0 Å². The molecule has 0 saturated carbocycles. The first-order valence-electron chi connectivity index (χ1n) is 11.5. The lowest BCUT2D eigenvalue weighted by molar-refractivity contribution is -0.124. The summed E-state index contributed by atoms with van der Waals surface area (Å²) in [6.07, 6.45) is 0.580. The van der Waals surface area contributed by atoms with Crippen molar-refractivity contribution in [3.8, 4) is 11.5 Å². The lowest BCUT2D eigenvalue weighted by atomic mass is 9.81. The maximum Gasteiger partial charge on any atom is 0.254 e. The highest BCUT2D eigenvalue weighted by atomic mass is 32.1. The smallest absolute Gasteiger partial charge is 0.254 e. The van der Waals surface area contributed by atoms with Gasteiger partial charge >= 0.3 is 0 Å². The van der Waals surface area contributed by atoms with E-state index in [9.17, 15) is 9.59 Å². The molecule has 0 aliphatic carbocycles. The lowest BCUT2D eigenvalue weighted by Crippen LogP contribution is -2.48. The van der Waals surface area contributed by atoms with Crippen LogP contribution in [0.1, 0.15) is 38.3 Å². The zero-order chi connectivity index (χ0) is 24.8. The minimum atomic E-state index is -0.536. The van der Waals surface area contributed by atoms with Crippen molar-refractivity contribution < 1.29 is 23.8 Å². The second kappa shape index (κ2) is 11.4. The van der Waals surface area contributed by atoms with Crippen LogP contribution in [0, 0.1) is 0 Å². The number of hydrogen-bond acceptors (Lipinski definition) is 6. The van der Waals surface area contributed by atoms with Crippen LogP contribution in [0.2, 0.25) is 0 Å². The molecule has 7 nitrogen and oxygen atoms in total. The average Bonchev–Trinajstić information content (AvgIpc) is 3.42. The Kier molecular flexibility index (Phi) is 8.05. The van der Waals surface area contributed by atoms with E-state index in [-0.39, 0.29) is 11.8 Å². The maximum atomic E-state index is 13.7. The van der Waals surface area contributed by atoms with Crippen LogP contribution in [0.5, 0.6) is 11.5 Å². The van der Waals surface area contributed by atoms with Crippen molar-refractivity contribution in [3.05, 3.63) is 81.5 Å². The van der Waals surface area contributed by atoms with E-state index in [2.05, 4.69) is 5.32 Å². The fraction of sp³-hybridized carbons (Fsp3) is 0.333. The number of nitrogens with one attached hydrogen (secondary N) is 1. The summed E-state index contributed by atoms with van der Waals surface area (Å²) < 4.78 is 16.1. The molecule has 1 N–H and O–H groups in total. The monoisotopic (exact) mass is 494 g/mol. The van der Waals surface area contributed by atoms with Gasteiger partial charge in [-0.2, -0.15) is 0 Å². The second-order valence-electron chi connectivity index (χ2n) is 8.24. The molecule has 1 aromatic heterocycles. The third kappa shape index (κ3) is 5.18. The van der Waals surface area contributed by atoms with Crippen molar-refractivity contribution in [2.75, 3.05) is 41.0 Å². The van der Waals surface area contributed by atoms with Crippen molar-refractivity contribution in [2.24, 2.45) is 0 Å². The molecule has 1 aliphatic rings. The molecule has 2 heterocycles. The number of amides is 2. The van der Waals surface area contributed by atoms with Crippen LogP contribution >= 0.6 is 11.3 Å². The summed E-state index contributed by atoms with van der Waals surface area (Å²) in [7, 11) is 4.86. The predicted octanol–water partition coefficient (Wildman–Crippen LogP) is 4.05. The fourth-order valence-electron chi connectivity index (χ4n) is 4.59. The topological polar surface area (TPSA) is 77.1 Å². The standard InChI is InChI=1S/C27H30N2O5S/c1-32-15-14-29-25(23-9-6-16-35-23)24(20-7-4-5-8-21(20)27(29)31)26(30)28-13-12-18-17-19(33-2)10-11-22(18)34-3/h4-11,16-17,24-25H,12-15H2,1-3H3,(H,28,30)/t24-,25-/m1/s1. The third-order valence-corrected chi connectivity index (χ3v) is 7.22. The van der Waals surface area contributed by atoms with E-state index in [0.29, 0.717) is 31.7 Å². The Hall–Kier alpha value is -3.36. The normalized spacial score (nSPS) is 17.1. The van der Waals surface area contributed by atoms with Gasteiger partial charge in [0, 0.05) is 30.6 Å². The summed E-state index contributed by atoms with van der Waals surface area (Å²) in [6.45, 7) is 1.21. The number of rotatable bonds is 10. The molecule has 0 fully saturated rings. The molecule has 0 unspecified atom stereocenters. The molecular weight excluding hydrogens is 464 g/mol. The number of thiophene rings is 1. The Balaban J connectivity index is 1.62. The van der Waals surface area contributed by atoms with Crippen molar-refractivity contribution in [1.29, 1.82) is 0 Å². The summed E-state index contributed by atoms with van der Waals surface area (Å²) in [5.74, 6) is 0.745. The van der Waals surface area contributed by atoms with Gasteiger partial charge in [0.1, 0.15) is 11.5 Å². The number of benzene rings is 2. The van der Waals surface area contributed by atoms with E-state index in [4.69, 9.17) is 14.2 Å². The molecule has 184 valence electrons. The van der Waals surface area contributed by atoms with Crippen molar-refractivity contribution in [3.63, 3.8) is 0 Å². The van der Waals surface area contributed by atoms with Crippen LogP contribution in [-0.2, 0) is 16.0 Å². The Bertz CT molecular complexity index is 1160. The molecule has 35 heavy (non-hydrogen) atoms. The number of fused-ring (bicyclic) bond motifs is 1. The Morgan fingerprint density at radius 3 is 2.60 bits per heavy atom. The molecule has 1 aliphatic heterocycles. The van der Waals surface area contributed by atoms with Gasteiger partial charge in [0.15, 0.2) is 0 Å². The van der Waals surface area contributed by atoms with Gasteiger partial charge < -0.3 is 24.4 Å². The van der Waals surface area contributed by atoms with Gasteiger partial charge in [0.05, 0.1) is 32.8 Å². The highest BCUT2D eigenvalue weighted by Gasteiger charge is 2.44. The van der Waals surface area contributed by atoms with Gasteiger partial charge in [0.2, 0.25) is 5.91 Å². The minimum Gasteiger partial charge on any atom is -0.497 e. The molecule has 0 radical (unpaired) electrons. The Morgan fingerprint density at radius 2 is 1.89 bits per heavy atom. The van der Waals surface area contributed by atoms with Gasteiger partial charge in [-0.15, -0.1) is 11.3 Å². The van der Waals surface area contributed by atoms with Crippen LogP contribution in [0.4, 0.5) is 0 Å². The van der Waals surface area contributed by atoms with Crippen molar-refractivity contribution in [1.82, 2.24) is 10.2 Å². The summed E-state index contributed by atoms with van der Waals surface area (Å²) >= 11 is 1.55. The highest BCUT2D eigenvalue weighted by molar-refractivity contribution is 7.10. The molecule has 0 saturated heterocycles. The zero-order valence-electron chi connectivity index (χ0n) is 20.2. The molecule has 2 aromatic carbocycles. The highest BCUT2D eigenvalue weighted by Crippen LogP contribution is 2.44. The molecule has 8 heteroatoms. The largest absolute Gasteiger partial charge is 0.497 e. The van der Waals surface area contributed by atoms with E-state index >= 15 is 0 Å². The van der Waals surface area contributed by atoms with Crippen LogP contribution in [0.3, 0.4) is 0 Å². The maximum absolute atomic E-state index is 13.7. The van der Waals surface area contributed by atoms with Crippen molar-refractivity contribution in [2.45, 2.75) is 18.4 Å². The summed E-state index contributed by atoms with van der Waals surface area (Å²) in [5, 5.41) is 5.09. The van der Waals surface area contributed by atoms with Gasteiger partial charge in [0.25, 0.3) is 5.91 Å². The van der Waals surface area contributed by atoms with Gasteiger partial charge in [-0.3, -0.25) is 9.59 Å². The zero-order valence-corrected chi connectivity index (χ0v) is 21.0. The molecule has 0 bridgehead atoms. The molecule has 2 amide bonds.